The Bertz CT molecular complexity index is 888. The van der Waals surface area contributed by atoms with Crippen molar-refractivity contribution >= 4 is 12.1 Å². The van der Waals surface area contributed by atoms with Gasteiger partial charge in [-0.3, -0.25) is 4.79 Å². The first-order valence-corrected chi connectivity index (χ1v) is 8.06. The molecule has 0 fully saturated rings. The summed E-state index contributed by atoms with van der Waals surface area (Å²) in [6.45, 7) is 3.91. The zero-order valence-electron chi connectivity index (χ0n) is 14.4. The van der Waals surface area contributed by atoms with Gasteiger partial charge in [0.05, 0.1) is 18.0 Å². The maximum atomic E-state index is 12.2. The molecule has 0 saturated carbocycles. The highest BCUT2D eigenvalue weighted by Crippen LogP contribution is 2.17. The predicted molar refractivity (Wildman–Crippen MR) is 96.4 cm³/mol. The van der Waals surface area contributed by atoms with Crippen molar-refractivity contribution in [3.8, 4) is 11.4 Å². The third kappa shape index (κ3) is 4.29. The van der Waals surface area contributed by atoms with Crippen LogP contribution in [0.5, 0.6) is 5.75 Å². The van der Waals surface area contributed by atoms with Gasteiger partial charge in [0.25, 0.3) is 5.91 Å². The highest BCUT2D eigenvalue weighted by atomic mass is 16.5. The molecule has 1 amide bonds. The quantitative estimate of drug-likeness (QED) is 0.543. The predicted octanol–water partition coefficient (Wildman–Crippen LogP) is 2.21. The van der Waals surface area contributed by atoms with Crippen LogP contribution in [-0.2, 0) is 0 Å². The van der Waals surface area contributed by atoms with Crippen LogP contribution in [0.1, 0.15) is 29.8 Å². The van der Waals surface area contributed by atoms with Crippen LogP contribution in [0.4, 0.5) is 0 Å². The minimum Gasteiger partial charge on any atom is -0.490 e. The summed E-state index contributed by atoms with van der Waals surface area (Å²) in [4.78, 5) is 12.2. The fourth-order valence-electron chi connectivity index (χ4n) is 2.22. The number of carbonyl (C=O) groups is 1. The van der Waals surface area contributed by atoms with Crippen molar-refractivity contribution in [1.29, 1.82) is 0 Å². The first-order chi connectivity index (χ1) is 12.6. The topological polar surface area (TPSA) is 94.3 Å². The molecule has 0 saturated heterocycles. The Kier molecular flexibility index (Phi) is 5.33. The van der Waals surface area contributed by atoms with Gasteiger partial charge in [-0.2, -0.15) is 5.10 Å². The number of para-hydroxylation sites is 1. The van der Waals surface area contributed by atoms with Crippen LogP contribution in [0.15, 0.2) is 60.0 Å². The second-order valence-corrected chi connectivity index (χ2v) is 5.70. The highest BCUT2D eigenvalue weighted by molar-refractivity contribution is 5.95. The zero-order valence-corrected chi connectivity index (χ0v) is 14.4. The number of benzene rings is 2. The SMILES string of the molecule is CC(C)Oc1ccccc1/C=N/NC(=O)c1ccc(-n2cnnn2)cc1. The van der Waals surface area contributed by atoms with E-state index in [1.165, 1.54) is 11.0 Å². The molecular weight excluding hydrogens is 332 g/mol. The Balaban J connectivity index is 1.65. The molecule has 0 bridgehead atoms. The van der Waals surface area contributed by atoms with Gasteiger partial charge >= 0.3 is 0 Å². The Hall–Kier alpha value is -3.55. The van der Waals surface area contributed by atoms with Crippen molar-refractivity contribution in [3.05, 3.63) is 66.0 Å². The first-order valence-electron chi connectivity index (χ1n) is 8.06. The molecule has 2 aromatic carbocycles. The Morgan fingerprint density at radius 1 is 1.19 bits per heavy atom. The lowest BCUT2D eigenvalue weighted by Crippen LogP contribution is -2.17. The van der Waals surface area contributed by atoms with E-state index in [0.29, 0.717) is 11.3 Å². The summed E-state index contributed by atoms with van der Waals surface area (Å²) in [6, 6.07) is 14.4. The number of rotatable bonds is 6. The van der Waals surface area contributed by atoms with E-state index in [1.54, 1.807) is 30.5 Å². The second-order valence-electron chi connectivity index (χ2n) is 5.70. The van der Waals surface area contributed by atoms with Crippen molar-refractivity contribution in [2.24, 2.45) is 5.10 Å². The molecule has 8 heteroatoms. The van der Waals surface area contributed by atoms with Crippen molar-refractivity contribution in [1.82, 2.24) is 25.6 Å². The zero-order chi connectivity index (χ0) is 18.4. The van der Waals surface area contributed by atoms with Crippen molar-refractivity contribution in [2.45, 2.75) is 20.0 Å². The minimum absolute atomic E-state index is 0.0536. The first kappa shape index (κ1) is 17.3. The lowest BCUT2D eigenvalue weighted by molar-refractivity contribution is 0.0955. The van der Waals surface area contributed by atoms with E-state index in [0.717, 1.165) is 11.3 Å². The van der Waals surface area contributed by atoms with E-state index in [1.807, 2.05) is 38.1 Å². The van der Waals surface area contributed by atoms with E-state index >= 15 is 0 Å². The number of nitrogens with one attached hydrogen (secondary N) is 1. The number of aromatic nitrogens is 4. The van der Waals surface area contributed by atoms with E-state index in [4.69, 9.17) is 4.74 Å². The maximum Gasteiger partial charge on any atom is 0.271 e. The number of ether oxygens (including phenoxy) is 1. The van der Waals surface area contributed by atoms with Crippen LogP contribution in [0.25, 0.3) is 5.69 Å². The van der Waals surface area contributed by atoms with Gasteiger partial charge in [0.2, 0.25) is 0 Å². The number of amides is 1. The maximum absolute atomic E-state index is 12.2. The third-order valence-electron chi connectivity index (χ3n) is 3.39. The Morgan fingerprint density at radius 3 is 2.65 bits per heavy atom. The van der Waals surface area contributed by atoms with E-state index in [2.05, 4.69) is 26.1 Å². The normalized spacial score (nSPS) is 11.0. The van der Waals surface area contributed by atoms with Crippen molar-refractivity contribution in [2.75, 3.05) is 0 Å². The fraction of sp³-hybridized carbons (Fsp3) is 0.167. The number of hydrazone groups is 1. The molecule has 8 nitrogen and oxygen atoms in total. The molecule has 1 aromatic heterocycles. The van der Waals surface area contributed by atoms with Crippen molar-refractivity contribution in [3.63, 3.8) is 0 Å². The molecule has 0 aliphatic heterocycles. The van der Waals surface area contributed by atoms with Crippen LogP contribution in [-0.4, -0.2) is 38.4 Å². The standard InChI is InChI=1S/C18H18N6O2/c1-13(2)26-17-6-4-3-5-15(17)11-19-21-18(25)14-7-9-16(10-8-14)24-12-20-22-23-24/h3-13H,1-2H3,(H,21,25)/b19-11+. The summed E-state index contributed by atoms with van der Waals surface area (Å²) in [5.74, 6) is 0.401. The van der Waals surface area contributed by atoms with Crippen molar-refractivity contribution < 1.29 is 9.53 Å². The van der Waals surface area contributed by atoms with Gasteiger partial charge in [0.15, 0.2) is 0 Å². The lowest BCUT2D eigenvalue weighted by Gasteiger charge is -2.11. The number of tetrazole rings is 1. The van der Waals surface area contributed by atoms with Crippen LogP contribution in [0.3, 0.4) is 0 Å². The van der Waals surface area contributed by atoms with Crippen LogP contribution in [0.2, 0.25) is 0 Å². The monoisotopic (exact) mass is 350 g/mol. The molecule has 3 aromatic rings. The number of carbonyl (C=O) groups excluding carboxylic acids is 1. The van der Waals surface area contributed by atoms with E-state index in [9.17, 15) is 4.79 Å². The molecular formula is C18H18N6O2. The van der Waals surface area contributed by atoms with E-state index < -0.39 is 0 Å². The summed E-state index contributed by atoms with van der Waals surface area (Å²) in [5, 5.41) is 15.0. The number of hydrogen-bond acceptors (Lipinski definition) is 6. The van der Waals surface area contributed by atoms with Crippen LogP contribution < -0.4 is 10.2 Å². The smallest absolute Gasteiger partial charge is 0.271 e. The lowest BCUT2D eigenvalue weighted by atomic mass is 10.2. The molecule has 0 aliphatic carbocycles. The van der Waals surface area contributed by atoms with Gasteiger partial charge in [0.1, 0.15) is 12.1 Å². The average Bonchev–Trinajstić information content (AvgIpc) is 3.17. The van der Waals surface area contributed by atoms with E-state index in [-0.39, 0.29) is 12.0 Å². The minimum atomic E-state index is -0.313. The highest BCUT2D eigenvalue weighted by Gasteiger charge is 2.06. The van der Waals surface area contributed by atoms with Crippen LogP contribution in [0, 0.1) is 0 Å². The third-order valence-corrected chi connectivity index (χ3v) is 3.39. The van der Waals surface area contributed by atoms with Gasteiger partial charge in [-0.05, 0) is 60.7 Å². The van der Waals surface area contributed by atoms with Gasteiger partial charge in [-0.1, -0.05) is 12.1 Å². The summed E-state index contributed by atoms with van der Waals surface area (Å²) >= 11 is 0. The summed E-state index contributed by atoms with van der Waals surface area (Å²) < 4.78 is 7.22. The molecule has 3 rings (SSSR count). The molecule has 0 radical (unpaired) electrons. The summed E-state index contributed by atoms with van der Waals surface area (Å²) in [6.07, 6.45) is 3.10. The van der Waals surface area contributed by atoms with Gasteiger partial charge < -0.3 is 4.74 Å². The molecule has 0 aliphatic rings. The van der Waals surface area contributed by atoms with Gasteiger partial charge in [-0.15, -0.1) is 5.10 Å². The molecule has 0 unspecified atom stereocenters. The number of hydrogen-bond donors (Lipinski definition) is 1. The molecule has 26 heavy (non-hydrogen) atoms. The second kappa shape index (κ2) is 8.02. The summed E-state index contributed by atoms with van der Waals surface area (Å²) in [7, 11) is 0. The largest absolute Gasteiger partial charge is 0.490 e. The Morgan fingerprint density at radius 2 is 1.96 bits per heavy atom. The Labute approximate surface area is 150 Å². The molecule has 1 N–H and O–H groups in total. The summed E-state index contributed by atoms with van der Waals surface area (Å²) in [5.41, 5.74) is 4.53. The number of nitrogens with zero attached hydrogens (tertiary/aromatic N) is 5. The molecule has 1 heterocycles. The molecule has 0 spiro atoms. The molecule has 132 valence electrons. The average molecular weight is 350 g/mol. The van der Waals surface area contributed by atoms with Crippen LogP contribution >= 0.6 is 0 Å². The van der Waals surface area contributed by atoms with Gasteiger partial charge in [-0.25, -0.2) is 10.1 Å². The fourth-order valence-corrected chi connectivity index (χ4v) is 2.22. The molecule has 0 atom stereocenters. The van der Waals surface area contributed by atoms with Gasteiger partial charge in [0, 0.05) is 11.1 Å².